The van der Waals surface area contributed by atoms with Crippen LogP contribution in [0, 0.1) is 0 Å². The van der Waals surface area contributed by atoms with Gasteiger partial charge in [-0.25, -0.2) is 13.6 Å². The molecule has 0 heterocycles. The zero-order chi connectivity index (χ0) is 15.6. The minimum atomic E-state index is -3.72. The predicted octanol–water partition coefficient (Wildman–Crippen LogP) is 4.02. The van der Waals surface area contributed by atoms with Crippen molar-refractivity contribution >= 4 is 54.8 Å². The van der Waals surface area contributed by atoms with Gasteiger partial charge in [0, 0.05) is 16.7 Å². The largest absolute Gasteiger partial charge is 0.380 e. The van der Waals surface area contributed by atoms with Gasteiger partial charge in [-0.1, -0.05) is 35.3 Å². The fraction of sp³-hybridized carbons (Fsp3) is 0.0769. The molecule has 4 nitrogen and oxygen atoms in total. The highest BCUT2D eigenvalue weighted by Crippen LogP contribution is 2.29. The lowest BCUT2D eigenvalue weighted by Gasteiger charge is -2.11. The van der Waals surface area contributed by atoms with Crippen LogP contribution in [0.5, 0.6) is 0 Å². The minimum absolute atomic E-state index is 0.0423. The van der Waals surface area contributed by atoms with Gasteiger partial charge in [0.2, 0.25) is 10.0 Å². The Balaban J connectivity index is 2.19. The van der Waals surface area contributed by atoms with Gasteiger partial charge in [0.05, 0.1) is 14.9 Å². The summed E-state index contributed by atoms with van der Waals surface area (Å²) in [5, 5.41) is 9.20. The van der Waals surface area contributed by atoms with E-state index in [2.05, 4.69) is 21.2 Å². The van der Waals surface area contributed by atoms with Gasteiger partial charge in [-0.05, 0) is 45.8 Å². The predicted molar refractivity (Wildman–Crippen MR) is 89.3 cm³/mol. The zero-order valence-electron chi connectivity index (χ0n) is 10.6. The van der Waals surface area contributed by atoms with E-state index in [9.17, 15) is 8.42 Å². The summed E-state index contributed by atoms with van der Waals surface area (Å²) in [4.78, 5) is 0.0423. The molecule has 0 fully saturated rings. The number of benzene rings is 2. The third-order valence-corrected chi connectivity index (χ3v) is 5.20. The first-order valence-electron chi connectivity index (χ1n) is 5.78. The van der Waals surface area contributed by atoms with Crippen LogP contribution in [0.4, 0.5) is 5.69 Å². The number of anilines is 1. The van der Waals surface area contributed by atoms with E-state index in [0.29, 0.717) is 21.1 Å². The summed E-state index contributed by atoms with van der Waals surface area (Å²) < 4.78 is 23.1. The van der Waals surface area contributed by atoms with E-state index in [1.807, 2.05) is 12.1 Å². The van der Waals surface area contributed by atoms with Crippen molar-refractivity contribution in [2.75, 3.05) is 5.32 Å². The number of sulfonamides is 1. The summed E-state index contributed by atoms with van der Waals surface area (Å²) in [5.41, 5.74) is 1.56. The second-order valence-corrected chi connectivity index (χ2v) is 7.45. The fourth-order valence-corrected chi connectivity index (χ4v) is 3.29. The van der Waals surface area contributed by atoms with Crippen LogP contribution in [0.25, 0.3) is 0 Å². The Bertz CT molecular complexity index is 782. The summed E-state index contributed by atoms with van der Waals surface area (Å²) in [6, 6.07) is 9.88. The number of primary sulfonamides is 1. The highest BCUT2D eigenvalue weighted by molar-refractivity contribution is 9.10. The van der Waals surface area contributed by atoms with Crippen molar-refractivity contribution in [1.82, 2.24) is 0 Å². The van der Waals surface area contributed by atoms with Crippen molar-refractivity contribution in [2.45, 2.75) is 11.4 Å². The molecule has 0 amide bonds. The van der Waals surface area contributed by atoms with Crippen molar-refractivity contribution in [3.05, 3.63) is 56.5 Å². The molecule has 0 bridgehead atoms. The average Bonchev–Trinajstić information content (AvgIpc) is 2.40. The number of hydrogen-bond acceptors (Lipinski definition) is 3. The second-order valence-electron chi connectivity index (χ2n) is 4.25. The van der Waals surface area contributed by atoms with Crippen LogP contribution < -0.4 is 10.5 Å². The lowest BCUT2D eigenvalue weighted by molar-refractivity contribution is 0.598. The maximum Gasteiger partial charge on any atom is 0.238 e. The van der Waals surface area contributed by atoms with E-state index in [4.69, 9.17) is 28.3 Å². The Kier molecular flexibility index (Phi) is 5.16. The Hall–Kier alpha value is -0.790. The molecular weight excluding hydrogens is 399 g/mol. The van der Waals surface area contributed by atoms with Gasteiger partial charge < -0.3 is 5.32 Å². The molecule has 8 heteroatoms. The molecule has 3 N–H and O–H groups in total. The number of nitrogens with two attached hydrogens (primary N) is 1. The molecule has 0 aliphatic heterocycles. The molecule has 0 aliphatic rings. The molecule has 0 saturated heterocycles. The Labute approximate surface area is 141 Å². The van der Waals surface area contributed by atoms with Crippen molar-refractivity contribution in [3.63, 3.8) is 0 Å². The van der Waals surface area contributed by atoms with Crippen molar-refractivity contribution in [3.8, 4) is 0 Å². The topological polar surface area (TPSA) is 72.2 Å². The number of halogens is 3. The van der Waals surface area contributed by atoms with Gasteiger partial charge in [0.25, 0.3) is 0 Å². The lowest BCUT2D eigenvalue weighted by Crippen LogP contribution is -2.12. The first-order valence-corrected chi connectivity index (χ1v) is 8.87. The molecule has 0 saturated carbocycles. The average molecular weight is 410 g/mol. The van der Waals surface area contributed by atoms with E-state index in [0.717, 1.165) is 11.3 Å². The summed E-state index contributed by atoms with van der Waals surface area (Å²) in [5.74, 6) is 0. The molecule has 0 radical (unpaired) electrons. The van der Waals surface area contributed by atoms with Crippen molar-refractivity contribution in [1.29, 1.82) is 0 Å². The molecule has 21 heavy (non-hydrogen) atoms. The van der Waals surface area contributed by atoms with E-state index in [1.54, 1.807) is 12.1 Å². The Morgan fingerprint density at radius 2 is 1.90 bits per heavy atom. The molecule has 112 valence electrons. The van der Waals surface area contributed by atoms with Crippen LogP contribution in [0.1, 0.15) is 5.56 Å². The molecule has 2 aromatic carbocycles. The van der Waals surface area contributed by atoms with Crippen LogP contribution in [-0.4, -0.2) is 8.42 Å². The van der Waals surface area contributed by atoms with E-state index < -0.39 is 10.0 Å². The maximum absolute atomic E-state index is 11.3. The normalized spacial score (nSPS) is 11.4. The fourth-order valence-electron chi connectivity index (χ4n) is 1.69. The SMILES string of the molecule is NS(=O)(=O)c1ccc(NCc2cccc(Cl)c2Cl)c(Br)c1. The molecular formula is C13H11BrCl2N2O2S. The number of hydrogen-bond donors (Lipinski definition) is 2. The van der Waals surface area contributed by atoms with Gasteiger partial charge in [0.15, 0.2) is 0 Å². The van der Waals surface area contributed by atoms with Crippen LogP contribution in [0.2, 0.25) is 10.0 Å². The number of nitrogens with one attached hydrogen (secondary N) is 1. The van der Waals surface area contributed by atoms with Crippen LogP contribution >= 0.6 is 39.1 Å². The van der Waals surface area contributed by atoms with E-state index in [-0.39, 0.29) is 4.90 Å². The minimum Gasteiger partial charge on any atom is -0.380 e. The standard InChI is InChI=1S/C13H11BrCl2N2O2S/c14-10-6-9(21(17,19)20)4-5-12(10)18-7-8-2-1-3-11(15)13(8)16/h1-6,18H,7H2,(H2,17,19,20). The highest BCUT2D eigenvalue weighted by atomic mass is 79.9. The first-order chi connectivity index (χ1) is 9.79. The van der Waals surface area contributed by atoms with E-state index >= 15 is 0 Å². The van der Waals surface area contributed by atoms with E-state index in [1.165, 1.54) is 12.1 Å². The second kappa shape index (κ2) is 6.54. The summed E-state index contributed by atoms with van der Waals surface area (Å²) in [7, 11) is -3.72. The van der Waals surface area contributed by atoms with Gasteiger partial charge in [0.1, 0.15) is 0 Å². The molecule has 0 aromatic heterocycles. The van der Waals surface area contributed by atoms with Gasteiger partial charge in [-0.3, -0.25) is 0 Å². The van der Waals surface area contributed by atoms with Crippen LogP contribution in [-0.2, 0) is 16.6 Å². The summed E-state index contributed by atoms with van der Waals surface area (Å²) >= 11 is 15.4. The van der Waals surface area contributed by atoms with Gasteiger partial charge in [-0.15, -0.1) is 0 Å². The summed E-state index contributed by atoms with van der Waals surface area (Å²) in [6.45, 7) is 0.451. The Morgan fingerprint density at radius 1 is 1.19 bits per heavy atom. The zero-order valence-corrected chi connectivity index (χ0v) is 14.5. The quantitative estimate of drug-likeness (QED) is 0.800. The lowest BCUT2D eigenvalue weighted by atomic mass is 10.2. The van der Waals surface area contributed by atoms with Crippen LogP contribution in [0.3, 0.4) is 0 Å². The van der Waals surface area contributed by atoms with Crippen molar-refractivity contribution in [2.24, 2.45) is 5.14 Å². The molecule has 0 unspecified atom stereocenters. The van der Waals surface area contributed by atoms with Gasteiger partial charge >= 0.3 is 0 Å². The smallest absolute Gasteiger partial charge is 0.238 e. The molecule has 0 aliphatic carbocycles. The van der Waals surface area contributed by atoms with Crippen LogP contribution in [0.15, 0.2) is 45.8 Å². The summed E-state index contributed by atoms with van der Waals surface area (Å²) in [6.07, 6.45) is 0. The maximum atomic E-state index is 11.3. The first kappa shape index (κ1) is 16.6. The Morgan fingerprint density at radius 3 is 2.52 bits per heavy atom. The number of rotatable bonds is 4. The monoisotopic (exact) mass is 408 g/mol. The third kappa shape index (κ3) is 4.11. The third-order valence-electron chi connectivity index (χ3n) is 2.77. The molecule has 2 rings (SSSR count). The van der Waals surface area contributed by atoms with Crippen molar-refractivity contribution < 1.29 is 8.42 Å². The molecule has 2 aromatic rings. The van der Waals surface area contributed by atoms with Gasteiger partial charge in [-0.2, -0.15) is 0 Å². The highest BCUT2D eigenvalue weighted by Gasteiger charge is 2.11. The molecule has 0 atom stereocenters. The molecule has 0 spiro atoms.